The van der Waals surface area contributed by atoms with Crippen LogP contribution in [0.25, 0.3) is 0 Å². The molecule has 1 aliphatic rings. The van der Waals surface area contributed by atoms with Crippen LogP contribution in [0.15, 0.2) is 12.1 Å². The molecule has 1 aromatic carbocycles. The maximum atomic E-state index is 10.2. The highest BCUT2D eigenvalue weighted by molar-refractivity contribution is 6.31. The number of aromatic hydroxyl groups is 1. The lowest BCUT2D eigenvalue weighted by Crippen LogP contribution is -2.37. The molecule has 0 heterocycles. The summed E-state index contributed by atoms with van der Waals surface area (Å²) in [5.74, 6) is 0.347. The molecule has 0 aliphatic heterocycles. The van der Waals surface area contributed by atoms with Crippen molar-refractivity contribution in [1.29, 1.82) is 0 Å². The Hall–Kier alpha value is -0.730. The average Bonchev–Trinajstić information content (AvgIpc) is 2.34. The van der Waals surface area contributed by atoms with Crippen LogP contribution in [0.5, 0.6) is 5.75 Å². The summed E-state index contributed by atoms with van der Waals surface area (Å²) in [5, 5.41) is 10.9. The molecule has 0 saturated heterocycles. The number of halogens is 1. The van der Waals surface area contributed by atoms with E-state index in [0.717, 1.165) is 29.0 Å². The van der Waals surface area contributed by atoms with Gasteiger partial charge in [-0.25, -0.2) is 0 Å². The lowest BCUT2D eigenvalue weighted by molar-refractivity contribution is 0.291. The average molecular weight is 254 g/mol. The van der Waals surface area contributed by atoms with Crippen molar-refractivity contribution in [1.82, 2.24) is 0 Å². The number of hydrogen-bond acceptors (Lipinski definition) is 2. The quantitative estimate of drug-likeness (QED) is 0.847. The maximum absolute atomic E-state index is 10.2. The number of aryl methyl sites for hydroxylation is 1. The zero-order valence-corrected chi connectivity index (χ0v) is 11.1. The Morgan fingerprint density at radius 3 is 2.53 bits per heavy atom. The molecule has 1 aliphatic carbocycles. The van der Waals surface area contributed by atoms with E-state index in [1.165, 1.54) is 19.3 Å². The van der Waals surface area contributed by atoms with E-state index >= 15 is 0 Å². The summed E-state index contributed by atoms with van der Waals surface area (Å²) in [5.41, 5.74) is 7.76. The van der Waals surface area contributed by atoms with E-state index in [1.807, 2.05) is 13.0 Å². The van der Waals surface area contributed by atoms with Gasteiger partial charge in [0.2, 0.25) is 0 Å². The van der Waals surface area contributed by atoms with Gasteiger partial charge < -0.3 is 10.8 Å². The second-order valence-electron chi connectivity index (χ2n) is 5.16. The summed E-state index contributed by atoms with van der Waals surface area (Å²) in [6.07, 6.45) is 5.74. The van der Waals surface area contributed by atoms with Crippen molar-refractivity contribution in [3.63, 3.8) is 0 Å². The minimum absolute atomic E-state index is 0.0698. The molecule has 0 aromatic heterocycles. The second-order valence-corrected chi connectivity index (χ2v) is 5.57. The third-order valence-corrected chi connectivity index (χ3v) is 4.46. The summed E-state index contributed by atoms with van der Waals surface area (Å²) in [6.45, 7) is 2.49. The lowest BCUT2D eigenvalue weighted by atomic mass is 9.69. The number of phenols is 1. The molecule has 0 bridgehead atoms. The van der Waals surface area contributed by atoms with Crippen LogP contribution in [-0.4, -0.2) is 11.7 Å². The Bertz CT molecular complexity index is 411. The molecule has 94 valence electrons. The van der Waals surface area contributed by atoms with Crippen LogP contribution in [0.2, 0.25) is 5.02 Å². The number of nitrogens with two attached hydrogens (primary N) is 1. The molecular formula is C14H20ClNO. The van der Waals surface area contributed by atoms with E-state index in [0.29, 0.717) is 12.3 Å². The first-order valence-electron chi connectivity index (χ1n) is 6.29. The van der Waals surface area contributed by atoms with Crippen LogP contribution in [0, 0.1) is 6.92 Å². The van der Waals surface area contributed by atoms with Gasteiger partial charge in [0.15, 0.2) is 0 Å². The highest BCUT2D eigenvalue weighted by atomic mass is 35.5. The largest absolute Gasteiger partial charge is 0.508 e. The van der Waals surface area contributed by atoms with Crippen LogP contribution in [0.3, 0.4) is 0 Å². The Morgan fingerprint density at radius 2 is 1.94 bits per heavy atom. The summed E-state index contributed by atoms with van der Waals surface area (Å²) >= 11 is 6.17. The molecule has 3 N–H and O–H groups in total. The smallest absolute Gasteiger partial charge is 0.119 e. The molecule has 2 nitrogen and oxygen atoms in total. The van der Waals surface area contributed by atoms with E-state index < -0.39 is 0 Å². The van der Waals surface area contributed by atoms with Gasteiger partial charge in [0.1, 0.15) is 5.75 Å². The number of benzene rings is 1. The molecule has 0 spiro atoms. The number of rotatable bonds is 2. The van der Waals surface area contributed by atoms with Gasteiger partial charge in [0.05, 0.1) is 0 Å². The van der Waals surface area contributed by atoms with E-state index in [-0.39, 0.29) is 5.41 Å². The van der Waals surface area contributed by atoms with Gasteiger partial charge in [-0.15, -0.1) is 0 Å². The molecule has 2 rings (SSSR count). The van der Waals surface area contributed by atoms with Crippen molar-refractivity contribution in [2.24, 2.45) is 5.73 Å². The van der Waals surface area contributed by atoms with Crippen LogP contribution in [0.4, 0.5) is 0 Å². The van der Waals surface area contributed by atoms with Crippen LogP contribution < -0.4 is 5.73 Å². The first-order valence-corrected chi connectivity index (χ1v) is 6.66. The highest BCUT2D eigenvalue weighted by Crippen LogP contribution is 2.43. The fraction of sp³-hybridized carbons (Fsp3) is 0.571. The molecule has 0 unspecified atom stereocenters. The van der Waals surface area contributed by atoms with Gasteiger partial charge in [0.25, 0.3) is 0 Å². The van der Waals surface area contributed by atoms with Gasteiger partial charge in [-0.2, -0.15) is 0 Å². The second kappa shape index (κ2) is 4.87. The first-order chi connectivity index (χ1) is 8.09. The monoisotopic (exact) mass is 253 g/mol. The van der Waals surface area contributed by atoms with Crippen LogP contribution in [0.1, 0.15) is 43.2 Å². The normalized spacial score (nSPS) is 19.2. The van der Waals surface area contributed by atoms with E-state index in [4.69, 9.17) is 17.3 Å². The highest BCUT2D eigenvalue weighted by Gasteiger charge is 2.34. The standard InChI is InChI=1S/C14H20ClNO/c1-10-7-13(17)11(8-12(10)15)14(9-16)5-3-2-4-6-14/h7-8,17H,2-6,9,16H2,1H3. The number of phenolic OH excluding ortho intramolecular Hbond substituents is 1. The zero-order chi connectivity index (χ0) is 12.5. The van der Waals surface area contributed by atoms with Crippen molar-refractivity contribution in [3.05, 3.63) is 28.3 Å². The van der Waals surface area contributed by atoms with Crippen LogP contribution in [-0.2, 0) is 5.41 Å². The summed E-state index contributed by atoms with van der Waals surface area (Å²) in [7, 11) is 0. The minimum Gasteiger partial charge on any atom is -0.508 e. The molecule has 17 heavy (non-hydrogen) atoms. The van der Waals surface area contributed by atoms with Gasteiger partial charge in [-0.1, -0.05) is 30.9 Å². The van der Waals surface area contributed by atoms with Gasteiger partial charge in [0, 0.05) is 22.5 Å². The number of hydrogen-bond donors (Lipinski definition) is 2. The summed E-state index contributed by atoms with van der Waals surface area (Å²) < 4.78 is 0. The first kappa shape index (κ1) is 12.7. The van der Waals surface area contributed by atoms with Crippen molar-refractivity contribution >= 4 is 11.6 Å². The Balaban J connectivity index is 2.46. The Kier molecular flexibility index (Phi) is 3.64. The lowest BCUT2D eigenvalue weighted by Gasteiger charge is -2.37. The van der Waals surface area contributed by atoms with Crippen molar-refractivity contribution < 1.29 is 5.11 Å². The van der Waals surface area contributed by atoms with E-state index in [2.05, 4.69) is 0 Å². The third kappa shape index (κ3) is 2.29. The minimum atomic E-state index is -0.0698. The molecular weight excluding hydrogens is 234 g/mol. The van der Waals surface area contributed by atoms with Gasteiger partial charge in [-0.05, 0) is 37.5 Å². The van der Waals surface area contributed by atoms with Gasteiger partial charge in [-0.3, -0.25) is 0 Å². The predicted octanol–water partition coefficient (Wildman–Crippen LogP) is 3.51. The summed E-state index contributed by atoms with van der Waals surface area (Å²) in [6, 6.07) is 3.66. The SMILES string of the molecule is Cc1cc(O)c(C2(CN)CCCCC2)cc1Cl. The molecule has 0 atom stereocenters. The molecule has 1 saturated carbocycles. The predicted molar refractivity (Wildman–Crippen MR) is 71.7 cm³/mol. The zero-order valence-electron chi connectivity index (χ0n) is 10.3. The maximum Gasteiger partial charge on any atom is 0.119 e. The molecule has 0 radical (unpaired) electrons. The van der Waals surface area contributed by atoms with Crippen LogP contribution >= 0.6 is 11.6 Å². The molecule has 3 heteroatoms. The van der Waals surface area contributed by atoms with E-state index in [9.17, 15) is 5.11 Å². The Morgan fingerprint density at radius 1 is 1.29 bits per heavy atom. The van der Waals surface area contributed by atoms with Crippen molar-refractivity contribution in [2.75, 3.05) is 6.54 Å². The van der Waals surface area contributed by atoms with Gasteiger partial charge >= 0.3 is 0 Å². The summed E-state index contributed by atoms with van der Waals surface area (Å²) in [4.78, 5) is 0. The van der Waals surface area contributed by atoms with Crippen molar-refractivity contribution in [3.8, 4) is 5.75 Å². The molecule has 0 amide bonds. The topological polar surface area (TPSA) is 46.2 Å². The Labute approximate surface area is 108 Å². The molecule has 1 aromatic rings. The van der Waals surface area contributed by atoms with Crippen molar-refractivity contribution in [2.45, 2.75) is 44.4 Å². The molecule has 1 fully saturated rings. The third-order valence-electron chi connectivity index (χ3n) is 4.05. The fourth-order valence-corrected chi connectivity index (χ4v) is 3.07. The van der Waals surface area contributed by atoms with E-state index in [1.54, 1.807) is 6.07 Å². The fourth-order valence-electron chi connectivity index (χ4n) is 2.90.